The molecule has 1 heterocycles. The maximum absolute atomic E-state index is 3.78. The molecule has 8 aromatic carbocycles. The molecule has 226 valence electrons. The van der Waals surface area contributed by atoms with E-state index in [-0.39, 0.29) is 0 Å². The van der Waals surface area contributed by atoms with Gasteiger partial charge in [-0.1, -0.05) is 158 Å². The number of fused-ring (bicyclic) bond motifs is 4. The number of hydrogen-bond donors (Lipinski definition) is 1. The van der Waals surface area contributed by atoms with E-state index >= 15 is 0 Å². The van der Waals surface area contributed by atoms with E-state index in [0.717, 1.165) is 11.4 Å². The Kier molecular flexibility index (Phi) is 7.07. The van der Waals surface area contributed by atoms with Gasteiger partial charge in [0.05, 0.1) is 0 Å². The molecule has 0 saturated heterocycles. The Hall–Kier alpha value is -5.96. The second-order valence-corrected chi connectivity index (χ2v) is 13.3. The van der Waals surface area contributed by atoms with Crippen LogP contribution in [0.15, 0.2) is 182 Å². The Morgan fingerprint density at radius 3 is 1.73 bits per heavy atom. The van der Waals surface area contributed by atoms with Crippen molar-refractivity contribution in [2.24, 2.45) is 0 Å². The topological polar surface area (TPSA) is 12.0 Å². The average molecular weight is 630 g/mol. The Balaban J connectivity index is 1.06. The molecule has 0 radical (unpaired) electrons. The number of rotatable bonds is 6. The minimum Gasteiger partial charge on any atom is -0.355 e. The molecule has 0 fully saturated rings. The standard InChI is InChI=1S/C46H31NS/c1-3-10-31(11-4-1)37-24-27-42-44(30-37)48-46-41(35-12-5-2-6-13-35)28-29-43(45(42)46)47-38-25-22-33(23-26-38)32-18-20-36(21-19-32)40-17-9-15-34-14-7-8-16-39(34)40/h1-30,47H. The highest BCUT2D eigenvalue weighted by Crippen LogP contribution is 2.45. The lowest BCUT2D eigenvalue weighted by molar-refractivity contribution is 1.56. The van der Waals surface area contributed by atoms with Crippen LogP contribution in [0.25, 0.3) is 75.5 Å². The molecule has 0 aliphatic carbocycles. The maximum Gasteiger partial charge on any atom is 0.0479 e. The van der Waals surface area contributed by atoms with Crippen molar-refractivity contribution in [2.75, 3.05) is 5.32 Å². The van der Waals surface area contributed by atoms with Crippen molar-refractivity contribution < 1.29 is 0 Å². The molecule has 1 aromatic heterocycles. The molecule has 0 bridgehead atoms. The first kappa shape index (κ1) is 28.3. The van der Waals surface area contributed by atoms with Crippen LogP contribution in [-0.4, -0.2) is 0 Å². The smallest absolute Gasteiger partial charge is 0.0479 e. The van der Waals surface area contributed by atoms with Crippen LogP contribution in [0.4, 0.5) is 11.4 Å². The lowest BCUT2D eigenvalue weighted by Gasteiger charge is -2.13. The minimum atomic E-state index is 1.07. The van der Waals surface area contributed by atoms with E-state index < -0.39 is 0 Å². The third-order valence-electron chi connectivity index (χ3n) is 9.30. The second kappa shape index (κ2) is 12.0. The van der Waals surface area contributed by atoms with E-state index in [2.05, 4.69) is 187 Å². The summed E-state index contributed by atoms with van der Waals surface area (Å²) < 4.78 is 2.59. The van der Waals surface area contributed by atoms with Gasteiger partial charge in [-0.05, 0) is 79.5 Å². The number of benzene rings is 8. The molecule has 0 spiro atoms. The molecule has 0 unspecified atom stereocenters. The van der Waals surface area contributed by atoms with E-state index in [9.17, 15) is 0 Å². The summed E-state index contributed by atoms with van der Waals surface area (Å²) in [7, 11) is 0. The van der Waals surface area contributed by atoms with Gasteiger partial charge in [0, 0.05) is 31.5 Å². The normalized spacial score (nSPS) is 11.3. The zero-order valence-corrected chi connectivity index (χ0v) is 27.0. The summed E-state index contributed by atoms with van der Waals surface area (Å²) in [5, 5.41) is 8.87. The summed E-state index contributed by atoms with van der Waals surface area (Å²) in [6, 6.07) is 65.6. The molecular weight excluding hydrogens is 599 g/mol. The highest BCUT2D eigenvalue weighted by atomic mass is 32.1. The molecular formula is C46H31NS. The van der Waals surface area contributed by atoms with Gasteiger partial charge in [-0.15, -0.1) is 11.3 Å². The Morgan fingerprint density at radius 1 is 0.375 bits per heavy atom. The first-order valence-electron chi connectivity index (χ1n) is 16.3. The van der Waals surface area contributed by atoms with Gasteiger partial charge in [-0.25, -0.2) is 0 Å². The molecule has 9 rings (SSSR count). The lowest BCUT2D eigenvalue weighted by Crippen LogP contribution is -1.92. The van der Waals surface area contributed by atoms with Crippen molar-refractivity contribution in [1.82, 2.24) is 0 Å². The van der Waals surface area contributed by atoms with Crippen LogP contribution < -0.4 is 5.32 Å². The Morgan fingerprint density at radius 2 is 0.958 bits per heavy atom. The van der Waals surface area contributed by atoms with Gasteiger partial charge in [0.15, 0.2) is 0 Å². The van der Waals surface area contributed by atoms with Crippen molar-refractivity contribution in [1.29, 1.82) is 0 Å². The fraction of sp³-hybridized carbons (Fsp3) is 0. The van der Waals surface area contributed by atoms with Crippen LogP contribution in [0.2, 0.25) is 0 Å². The Labute approximate surface area is 284 Å². The third-order valence-corrected chi connectivity index (χ3v) is 10.5. The molecule has 9 aromatic rings. The molecule has 2 heteroatoms. The predicted octanol–water partition coefficient (Wildman–Crippen LogP) is 13.6. The molecule has 1 nitrogen and oxygen atoms in total. The molecule has 0 atom stereocenters. The number of thiophene rings is 1. The van der Waals surface area contributed by atoms with E-state index in [1.165, 1.54) is 75.5 Å². The highest BCUT2D eigenvalue weighted by molar-refractivity contribution is 7.26. The quantitative estimate of drug-likeness (QED) is 0.193. The molecule has 0 saturated carbocycles. The van der Waals surface area contributed by atoms with Crippen molar-refractivity contribution in [3.63, 3.8) is 0 Å². The van der Waals surface area contributed by atoms with Gasteiger partial charge in [-0.3, -0.25) is 0 Å². The van der Waals surface area contributed by atoms with Gasteiger partial charge in [0.25, 0.3) is 0 Å². The van der Waals surface area contributed by atoms with E-state index in [1.807, 2.05) is 11.3 Å². The first-order valence-corrected chi connectivity index (χ1v) is 17.2. The first-order chi connectivity index (χ1) is 23.8. The van der Waals surface area contributed by atoms with Crippen molar-refractivity contribution >= 4 is 53.7 Å². The van der Waals surface area contributed by atoms with Gasteiger partial charge in [0.1, 0.15) is 0 Å². The van der Waals surface area contributed by atoms with E-state index in [4.69, 9.17) is 0 Å². The summed E-state index contributed by atoms with van der Waals surface area (Å²) in [6.45, 7) is 0. The molecule has 0 amide bonds. The van der Waals surface area contributed by atoms with E-state index in [1.54, 1.807) is 0 Å². The zero-order chi connectivity index (χ0) is 31.9. The predicted molar refractivity (Wildman–Crippen MR) is 208 cm³/mol. The van der Waals surface area contributed by atoms with Gasteiger partial charge in [0.2, 0.25) is 0 Å². The van der Waals surface area contributed by atoms with Crippen LogP contribution >= 0.6 is 11.3 Å². The summed E-state index contributed by atoms with van der Waals surface area (Å²) in [4.78, 5) is 0. The summed E-state index contributed by atoms with van der Waals surface area (Å²) in [6.07, 6.45) is 0. The minimum absolute atomic E-state index is 1.07. The van der Waals surface area contributed by atoms with Crippen molar-refractivity contribution in [3.8, 4) is 44.5 Å². The fourth-order valence-corrected chi connectivity index (χ4v) is 8.16. The van der Waals surface area contributed by atoms with Crippen LogP contribution in [0.3, 0.4) is 0 Å². The summed E-state index contributed by atoms with van der Waals surface area (Å²) in [5.41, 5.74) is 12.1. The lowest BCUT2D eigenvalue weighted by atomic mass is 9.96. The van der Waals surface area contributed by atoms with Crippen LogP contribution in [0, 0.1) is 0 Å². The van der Waals surface area contributed by atoms with Crippen LogP contribution in [-0.2, 0) is 0 Å². The fourth-order valence-electron chi connectivity index (χ4n) is 6.86. The van der Waals surface area contributed by atoms with Gasteiger partial charge >= 0.3 is 0 Å². The van der Waals surface area contributed by atoms with Crippen LogP contribution in [0.5, 0.6) is 0 Å². The summed E-state index contributed by atoms with van der Waals surface area (Å²) >= 11 is 1.88. The Bertz CT molecular complexity index is 2540. The van der Waals surface area contributed by atoms with Crippen molar-refractivity contribution in [3.05, 3.63) is 182 Å². The molecule has 1 N–H and O–H groups in total. The average Bonchev–Trinajstić information content (AvgIpc) is 3.55. The van der Waals surface area contributed by atoms with E-state index in [0.29, 0.717) is 0 Å². The van der Waals surface area contributed by atoms with Crippen LogP contribution in [0.1, 0.15) is 0 Å². The zero-order valence-electron chi connectivity index (χ0n) is 26.2. The molecule has 0 aliphatic heterocycles. The SMILES string of the molecule is c1ccc(-c2ccc3c(c2)sc2c(-c4ccccc4)ccc(Nc4ccc(-c5ccc(-c6cccc7ccccc67)cc5)cc4)c23)cc1. The third kappa shape index (κ3) is 5.13. The van der Waals surface area contributed by atoms with Gasteiger partial charge in [-0.2, -0.15) is 0 Å². The second-order valence-electron chi connectivity index (χ2n) is 12.2. The largest absolute Gasteiger partial charge is 0.355 e. The van der Waals surface area contributed by atoms with Crippen molar-refractivity contribution in [2.45, 2.75) is 0 Å². The maximum atomic E-state index is 3.78. The highest BCUT2D eigenvalue weighted by Gasteiger charge is 2.16. The number of anilines is 2. The monoisotopic (exact) mass is 629 g/mol. The summed E-state index contributed by atoms with van der Waals surface area (Å²) in [5.74, 6) is 0. The number of nitrogens with one attached hydrogen (secondary N) is 1. The molecule has 0 aliphatic rings. The van der Waals surface area contributed by atoms with Gasteiger partial charge < -0.3 is 5.32 Å². The molecule has 48 heavy (non-hydrogen) atoms. The number of hydrogen-bond acceptors (Lipinski definition) is 2.